The molecule has 1 aromatic heterocycles. The van der Waals surface area contributed by atoms with Gasteiger partial charge in [-0.2, -0.15) is 5.10 Å². The van der Waals surface area contributed by atoms with Crippen LogP contribution in [0.3, 0.4) is 0 Å². The van der Waals surface area contributed by atoms with Crippen LogP contribution in [0.4, 0.5) is 0 Å². The summed E-state index contributed by atoms with van der Waals surface area (Å²) in [6.07, 6.45) is 5.22. The number of H-pyrrole nitrogens is 1. The molecule has 0 aromatic carbocycles. The second kappa shape index (κ2) is 2.84. The van der Waals surface area contributed by atoms with Gasteiger partial charge in [0.15, 0.2) is 0 Å². The maximum absolute atomic E-state index is 4.36. The van der Waals surface area contributed by atoms with Gasteiger partial charge in [-0.1, -0.05) is 0 Å². The van der Waals surface area contributed by atoms with Crippen LogP contribution in [0.15, 0.2) is 6.07 Å². The van der Waals surface area contributed by atoms with Crippen molar-refractivity contribution in [2.75, 3.05) is 6.54 Å². The summed E-state index contributed by atoms with van der Waals surface area (Å²) in [5, 5.41) is 11.0. The Kier molecular flexibility index (Phi) is 1.65. The molecule has 1 aliphatic heterocycles. The van der Waals surface area contributed by atoms with E-state index in [1.165, 1.54) is 37.1 Å². The largest absolute Gasteiger partial charge is 0.309 e. The summed E-state index contributed by atoms with van der Waals surface area (Å²) in [5.41, 5.74) is 2.57. The van der Waals surface area contributed by atoms with Crippen molar-refractivity contribution in [1.29, 1.82) is 0 Å². The van der Waals surface area contributed by atoms with Gasteiger partial charge >= 0.3 is 0 Å². The number of hydrogen-bond acceptors (Lipinski definition) is 2. The molecule has 2 aliphatic rings. The third-order valence-corrected chi connectivity index (χ3v) is 3.05. The van der Waals surface area contributed by atoms with Gasteiger partial charge in [-0.15, -0.1) is 0 Å². The van der Waals surface area contributed by atoms with Crippen LogP contribution in [0.25, 0.3) is 0 Å². The van der Waals surface area contributed by atoms with Gasteiger partial charge in [0.2, 0.25) is 0 Å². The summed E-state index contributed by atoms with van der Waals surface area (Å²) >= 11 is 0. The van der Waals surface area contributed by atoms with E-state index in [4.69, 9.17) is 0 Å². The van der Waals surface area contributed by atoms with Crippen molar-refractivity contribution in [3.8, 4) is 0 Å². The van der Waals surface area contributed by atoms with Crippen LogP contribution in [0, 0.1) is 0 Å². The summed E-state index contributed by atoms with van der Waals surface area (Å²) in [4.78, 5) is 0. The third kappa shape index (κ3) is 1.37. The molecule has 1 atom stereocenters. The molecular weight excluding hydrogens is 162 g/mol. The van der Waals surface area contributed by atoms with Crippen LogP contribution in [0.1, 0.15) is 49.0 Å². The van der Waals surface area contributed by atoms with Crippen molar-refractivity contribution < 1.29 is 0 Å². The second-order valence-electron chi connectivity index (χ2n) is 4.17. The fraction of sp³-hybridized carbons (Fsp3) is 0.700. The molecule has 1 saturated carbocycles. The molecule has 70 valence electrons. The van der Waals surface area contributed by atoms with Crippen LogP contribution < -0.4 is 5.32 Å². The Bertz CT molecular complexity index is 295. The van der Waals surface area contributed by atoms with Crippen molar-refractivity contribution >= 4 is 0 Å². The lowest BCUT2D eigenvalue weighted by atomic mass is 10.1. The molecule has 13 heavy (non-hydrogen) atoms. The Morgan fingerprint density at radius 3 is 2.92 bits per heavy atom. The van der Waals surface area contributed by atoms with E-state index in [0.29, 0.717) is 6.04 Å². The van der Waals surface area contributed by atoms with Crippen molar-refractivity contribution in [3.05, 3.63) is 17.5 Å². The fourth-order valence-corrected chi connectivity index (χ4v) is 2.07. The lowest BCUT2D eigenvalue weighted by Gasteiger charge is -2.05. The number of aromatic amines is 1. The molecule has 1 aliphatic carbocycles. The quantitative estimate of drug-likeness (QED) is 0.722. The molecule has 0 amide bonds. The smallest absolute Gasteiger partial charge is 0.0656 e. The van der Waals surface area contributed by atoms with Gasteiger partial charge in [0.25, 0.3) is 0 Å². The molecule has 2 N–H and O–H groups in total. The topological polar surface area (TPSA) is 40.7 Å². The Hall–Kier alpha value is -0.830. The van der Waals surface area contributed by atoms with Crippen molar-refractivity contribution in [2.24, 2.45) is 0 Å². The van der Waals surface area contributed by atoms with E-state index in [1.54, 1.807) is 0 Å². The minimum Gasteiger partial charge on any atom is -0.309 e. The summed E-state index contributed by atoms with van der Waals surface area (Å²) in [6.45, 7) is 1.16. The number of rotatable bonds is 2. The predicted molar refractivity (Wildman–Crippen MR) is 50.5 cm³/mol. The number of hydrogen-bond donors (Lipinski definition) is 2. The lowest BCUT2D eigenvalue weighted by Crippen LogP contribution is -2.12. The van der Waals surface area contributed by atoms with E-state index in [1.807, 2.05) is 0 Å². The van der Waals surface area contributed by atoms with Crippen LogP contribution >= 0.6 is 0 Å². The average Bonchev–Trinajstić information content (AvgIpc) is 2.72. The predicted octanol–water partition coefficient (Wildman–Crippen LogP) is 1.71. The molecule has 0 spiro atoms. The van der Waals surface area contributed by atoms with Gasteiger partial charge in [0.05, 0.1) is 11.4 Å². The molecule has 3 nitrogen and oxygen atoms in total. The molecular formula is C10H15N3. The van der Waals surface area contributed by atoms with Gasteiger partial charge in [0.1, 0.15) is 0 Å². The van der Waals surface area contributed by atoms with E-state index < -0.39 is 0 Å². The Morgan fingerprint density at radius 2 is 2.23 bits per heavy atom. The van der Waals surface area contributed by atoms with Gasteiger partial charge in [-0.3, -0.25) is 5.10 Å². The standard InChI is InChI=1S/C10H15N3/c1-2-8(11-5-1)10-6-9(12-13-10)7-3-4-7/h6-8,11H,1-5H2,(H,12,13). The first-order valence-electron chi connectivity index (χ1n) is 5.22. The molecule has 2 fully saturated rings. The van der Waals surface area contributed by atoms with Crippen molar-refractivity contribution in [3.63, 3.8) is 0 Å². The summed E-state index contributed by atoms with van der Waals surface area (Å²) in [5.74, 6) is 0.770. The number of nitrogens with zero attached hydrogens (tertiary/aromatic N) is 1. The highest BCUT2D eigenvalue weighted by Gasteiger charge is 2.27. The SMILES string of the molecule is c1c(C2CC2)n[nH]c1C1CCCN1. The van der Waals surface area contributed by atoms with Crippen molar-refractivity contribution in [1.82, 2.24) is 15.5 Å². The third-order valence-electron chi connectivity index (χ3n) is 3.05. The zero-order chi connectivity index (χ0) is 8.67. The minimum absolute atomic E-state index is 0.542. The summed E-state index contributed by atoms with van der Waals surface area (Å²) in [7, 11) is 0. The average molecular weight is 177 g/mol. The Balaban J connectivity index is 1.79. The molecule has 1 unspecified atom stereocenters. The summed E-state index contributed by atoms with van der Waals surface area (Å²) in [6, 6.07) is 2.79. The molecule has 3 heteroatoms. The highest BCUT2D eigenvalue weighted by Crippen LogP contribution is 2.39. The second-order valence-corrected chi connectivity index (χ2v) is 4.17. The maximum atomic E-state index is 4.36. The normalized spacial score (nSPS) is 28.2. The lowest BCUT2D eigenvalue weighted by molar-refractivity contribution is 0.625. The van der Waals surface area contributed by atoms with Gasteiger partial charge in [0, 0.05) is 12.0 Å². The molecule has 2 heterocycles. The molecule has 3 rings (SSSR count). The molecule has 0 radical (unpaired) electrons. The van der Waals surface area contributed by atoms with E-state index in [-0.39, 0.29) is 0 Å². The van der Waals surface area contributed by atoms with Crippen LogP contribution in [-0.4, -0.2) is 16.7 Å². The molecule has 0 bridgehead atoms. The maximum Gasteiger partial charge on any atom is 0.0656 e. The number of aromatic nitrogens is 2. The monoisotopic (exact) mass is 177 g/mol. The van der Waals surface area contributed by atoms with Crippen LogP contribution in [-0.2, 0) is 0 Å². The van der Waals surface area contributed by atoms with Gasteiger partial charge in [-0.05, 0) is 38.3 Å². The van der Waals surface area contributed by atoms with Crippen LogP contribution in [0.5, 0.6) is 0 Å². The van der Waals surface area contributed by atoms with Crippen LogP contribution in [0.2, 0.25) is 0 Å². The van der Waals surface area contributed by atoms with E-state index in [0.717, 1.165) is 12.5 Å². The molecule has 1 aromatic rings. The zero-order valence-electron chi connectivity index (χ0n) is 7.71. The number of nitrogens with one attached hydrogen (secondary N) is 2. The summed E-state index contributed by atoms with van der Waals surface area (Å²) < 4.78 is 0. The van der Waals surface area contributed by atoms with Gasteiger partial charge < -0.3 is 5.32 Å². The highest BCUT2D eigenvalue weighted by molar-refractivity contribution is 5.20. The van der Waals surface area contributed by atoms with E-state index in [9.17, 15) is 0 Å². The van der Waals surface area contributed by atoms with Gasteiger partial charge in [-0.25, -0.2) is 0 Å². The highest BCUT2D eigenvalue weighted by atomic mass is 15.1. The Morgan fingerprint density at radius 1 is 1.31 bits per heavy atom. The minimum atomic E-state index is 0.542. The first kappa shape index (κ1) is 7.56. The van der Waals surface area contributed by atoms with E-state index >= 15 is 0 Å². The first-order chi connectivity index (χ1) is 6.43. The van der Waals surface area contributed by atoms with Crippen molar-refractivity contribution in [2.45, 2.75) is 37.6 Å². The zero-order valence-corrected chi connectivity index (χ0v) is 7.71. The Labute approximate surface area is 77.9 Å². The first-order valence-corrected chi connectivity index (χ1v) is 5.22. The van der Waals surface area contributed by atoms with E-state index in [2.05, 4.69) is 21.6 Å². The fourth-order valence-electron chi connectivity index (χ4n) is 2.07. The molecule has 1 saturated heterocycles.